The van der Waals surface area contributed by atoms with Crippen LogP contribution in [0.25, 0.3) is 22.4 Å². The molecule has 0 atom stereocenters. The highest BCUT2D eigenvalue weighted by Crippen LogP contribution is 2.32. The van der Waals surface area contributed by atoms with Crippen molar-refractivity contribution in [2.24, 2.45) is 0 Å². The zero-order valence-corrected chi connectivity index (χ0v) is 16.1. The summed E-state index contributed by atoms with van der Waals surface area (Å²) in [6.07, 6.45) is -5.20. The Hall–Kier alpha value is -3.73. The lowest BCUT2D eigenvalue weighted by atomic mass is 10.1. The number of hydrogen-bond acceptors (Lipinski definition) is 6. The van der Waals surface area contributed by atoms with Gasteiger partial charge in [-0.2, -0.15) is 13.2 Å². The van der Waals surface area contributed by atoms with Gasteiger partial charge in [0.25, 0.3) is 6.43 Å². The Labute approximate surface area is 177 Å². The van der Waals surface area contributed by atoms with Crippen molar-refractivity contribution in [2.75, 3.05) is 5.32 Å². The smallest absolute Gasteiger partial charge is 0.390 e. The van der Waals surface area contributed by atoms with Crippen LogP contribution in [0.15, 0.2) is 54.9 Å². The van der Waals surface area contributed by atoms with Gasteiger partial charge in [0.1, 0.15) is 5.82 Å². The minimum atomic E-state index is -4.51. The first-order chi connectivity index (χ1) is 15.3. The summed E-state index contributed by atoms with van der Waals surface area (Å²) in [5.74, 6) is 0.128. The molecule has 0 saturated carbocycles. The highest BCUT2D eigenvalue weighted by Gasteiger charge is 2.30. The first-order valence-electron chi connectivity index (χ1n) is 9.21. The Morgan fingerprint density at radius 2 is 1.81 bits per heavy atom. The fourth-order valence-electron chi connectivity index (χ4n) is 3.05. The van der Waals surface area contributed by atoms with Crippen LogP contribution in [0.2, 0.25) is 0 Å². The van der Waals surface area contributed by atoms with E-state index in [0.717, 1.165) is 12.1 Å². The minimum absolute atomic E-state index is 0.000447. The Bertz CT molecular complexity index is 1260. The summed E-state index contributed by atoms with van der Waals surface area (Å²) >= 11 is 0. The third-order valence-corrected chi connectivity index (χ3v) is 4.56. The van der Waals surface area contributed by atoms with Crippen LogP contribution in [0.5, 0.6) is 0 Å². The van der Waals surface area contributed by atoms with E-state index in [1.807, 2.05) is 0 Å². The van der Waals surface area contributed by atoms with Crippen molar-refractivity contribution in [1.29, 1.82) is 0 Å². The number of aromatic nitrogens is 4. The summed E-state index contributed by atoms with van der Waals surface area (Å²) in [5, 5.41) is 12.9. The van der Waals surface area contributed by atoms with Crippen molar-refractivity contribution in [3.63, 3.8) is 0 Å². The molecule has 4 rings (SSSR count). The zero-order valence-electron chi connectivity index (χ0n) is 16.1. The van der Waals surface area contributed by atoms with Crippen LogP contribution >= 0.6 is 0 Å². The fourth-order valence-corrected chi connectivity index (χ4v) is 3.05. The molecule has 0 bridgehead atoms. The number of nitrogens with one attached hydrogen (secondary N) is 1. The molecule has 0 aliphatic heterocycles. The van der Waals surface area contributed by atoms with Gasteiger partial charge in [0.2, 0.25) is 0 Å². The van der Waals surface area contributed by atoms with Gasteiger partial charge in [0.05, 0.1) is 34.9 Å². The zero-order chi connectivity index (χ0) is 22.9. The third-order valence-electron chi connectivity index (χ3n) is 4.56. The number of hydrogen-bond donors (Lipinski definition) is 2. The predicted octanol–water partition coefficient (Wildman–Crippen LogP) is 5.28. The molecule has 0 saturated heterocycles. The molecule has 0 amide bonds. The van der Waals surface area contributed by atoms with Gasteiger partial charge in [-0.3, -0.25) is 4.98 Å². The van der Waals surface area contributed by atoms with Gasteiger partial charge in [-0.15, -0.1) is 0 Å². The molecule has 4 aromatic rings. The first-order valence-corrected chi connectivity index (χ1v) is 9.21. The Kier molecular flexibility index (Phi) is 5.66. The van der Waals surface area contributed by atoms with Crippen molar-refractivity contribution in [1.82, 2.24) is 19.9 Å². The average molecular weight is 447 g/mol. The standard InChI is InChI=1S/C21H14F5N5O/c22-19(23)14-2-1-7-27-18(14)15-5-4-13-16(8-12(10-32)29-20(13)31-15)30-17-6-3-11(9-28-17)21(24,25)26/h1-9,19,32H,10H2,(H,28,29,30,31). The summed E-state index contributed by atoms with van der Waals surface area (Å²) < 4.78 is 65.0. The summed E-state index contributed by atoms with van der Waals surface area (Å²) in [4.78, 5) is 16.3. The molecule has 0 spiro atoms. The van der Waals surface area contributed by atoms with Crippen LogP contribution < -0.4 is 5.32 Å². The summed E-state index contributed by atoms with van der Waals surface area (Å²) in [6, 6.07) is 9.25. The van der Waals surface area contributed by atoms with Crippen molar-refractivity contribution >= 4 is 22.5 Å². The van der Waals surface area contributed by atoms with Gasteiger partial charge in [-0.25, -0.2) is 23.7 Å². The maximum absolute atomic E-state index is 13.4. The number of fused-ring (bicyclic) bond motifs is 1. The highest BCUT2D eigenvalue weighted by molar-refractivity contribution is 5.92. The van der Waals surface area contributed by atoms with Crippen molar-refractivity contribution in [3.05, 3.63) is 71.7 Å². The average Bonchev–Trinajstić information content (AvgIpc) is 2.78. The predicted molar refractivity (Wildman–Crippen MR) is 106 cm³/mol. The van der Waals surface area contributed by atoms with Gasteiger partial charge in [0.15, 0.2) is 5.65 Å². The van der Waals surface area contributed by atoms with Crippen LogP contribution in [0.3, 0.4) is 0 Å². The molecular formula is C21H14F5N5O. The van der Waals surface area contributed by atoms with E-state index in [-0.39, 0.29) is 34.1 Å². The van der Waals surface area contributed by atoms with Gasteiger partial charge in [0, 0.05) is 23.3 Å². The number of alkyl halides is 5. The fraction of sp³-hybridized carbons (Fsp3) is 0.143. The molecule has 2 N–H and O–H groups in total. The van der Waals surface area contributed by atoms with Crippen molar-refractivity contribution < 1.29 is 27.1 Å². The highest BCUT2D eigenvalue weighted by atomic mass is 19.4. The van der Waals surface area contributed by atoms with E-state index in [2.05, 4.69) is 25.3 Å². The van der Waals surface area contributed by atoms with Crippen LogP contribution in [-0.4, -0.2) is 25.0 Å². The molecule has 11 heteroatoms. The molecule has 0 unspecified atom stereocenters. The second kappa shape index (κ2) is 8.42. The molecule has 0 aliphatic carbocycles. The van der Waals surface area contributed by atoms with Crippen molar-refractivity contribution in [3.8, 4) is 11.4 Å². The van der Waals surface area contributed by atoms with E-state index in [1.54, 1.807) is 6.07 Å². The lowest BCUT2D eigenvalue weighted by Crippen LogP contribution is -2.06. The van der Waals surface area contributed by atoms with E-state index in [4.69, 9.17) is 0 Å². The van der Waals surface area contributed by atoms with Gasteiger partial charge in [-0.1, -0.05) is 0 Å². The maximum atomic E-state index is 13.4. The largest absolute Gasteiger partial charge is 0.417 e. The lowest BCUT2D eigenvalue weighted by Gasteiger charge is -2.13. The molecule has 0 radical (unpaired) electrons. The quantitative estimate of drug-likeness (QED) is 0.405. The van der Waals surface area contributed by atoms with E-state index < -0.39 is 24.8 Å². The molecule has 6 nitrogen and oxygen atoms in total. The van der Waals surface area contributed by atoms with E-state index >= 15 is 0 Å². The van der Waals surface area contributed by atoms with E-state index in [1.165, 1.54) is 30.5 Å². The Morgan fingerprint density at radius 1 is 1.00 bits per heavy atom. The number of halogens is 5. The molecule has 32 heavy (non-hydrogen) atoms. The van der Waals surface area contributed by atoms with Crippen LogP contribution in [0, 0.1) is 0 Å². The Morgan fingerprint density at radius 3 is 2.47 bits per heavy atom. The Balaban J connectivity index is 1.76. The molecule has 4 aromatic heterocycles. The van der Waals surface area contributed by atoms with Crippen LogP contribution in [-0.2, 0) is 12.8 Å². The second-order valence-corrected chi connectivity index (χ2v) is 6.68. The SMILES string of the molecule is OCc1cc(Nc2ccc(C(F)(F)F)cn2)c2ccc(-c3ncccc3C(F)F)nc2n1. The van der Waals surface area contributed by atoms with Gasteiger partial charge >= 0.3 is 6.18 Å². The third kappa shape index (κ3) is 4.33. The number of nitrogens with zero attached hydrogens (tertiary/aromatic N) is 4. The number of anilines is 2. The number of aliphatic hydroxyl groups is 1. The van der Waals surface area contributed by atoms with Crippen LogP contribution in [0.4, 0.5) is 33.5 Å². The van der Waals surface area contributed by atoms with E-state index in [0.29, 0.717) is 17.3 Å². The first kappa shape index (κ1) is 21.5. The summed E-state index contributed by atoms with van der Waals surface area (Å²) in [5.41, 5.74) is -0.296. The van der Waals surface area contributed by atoms with Crippen molar-refractivity contribution in [2.45, 2.75) is 19.2 Å². The maximum Gasteiger partial charge on any atom is 0.417 e. The normalized spacial score (nSPS) is 11.8. The van der Waals surface area contributed by atoms with Gasteiger partial charge in [-0.05, 0) is 42.5 Å². The molecule has 0 aromatic carbocycles. The second-order valence-electron chi connectivity index (χ2n) is 6.68. The number of rotatable bonds is 5. The molecule has 0 fully saturated rings. The monoisotopic (exact) mass is 447 g/mol. The van der Waals surface area contributed by atoms with Gasteiger partial charge < -0.3 is 10.4 Å². The molecule has 164 valence electrons. The molecule has 0 aliphatic rings. The molecular weight excluding hydrogens is 433 g/mol. The lowest BCUT2D eigenvalue weighted by molar-refractivity contribution is -0.137. The molecule has 4 heterocycles. The summed E-state index contributed by atoms with van der Waals surface area (Å²) in [7, 11) is 0. The van der Waals surface area contributed by atoms with Crippen LogP contribution in [0.1, 0.15) is 23.2 Å². The number of pyridine rings is 4. The number of aliphatic hydroxyl groups excluding tert-OH is 1. The van der Waals surface area contributed by atoms with E-state index in [9.17, 15) is 27.1 Å². The topological polar surface area (TPSA) is 83.8 Å². The summed E-state index contributed by atoms with van der Waals surface area (Å²) in [6.45, 7) is -0.442. The minimum Gasteiger partial charge on any atom is -0.390 e.